The van der Waals surface area contributed by atoms with Gasteiger partial charge in [-0.05, 0) is 55.5 Å². The van der Waals surface area contributed by atoms with Crippen LogP contribution in [0.5, 0.6) is 0 Å². The first kappa shape index (κ1) is 25.1. The molecule has 0 bridgehead atoms. The van der Waals surface area contributed by atoms with Crippen molar-refractivity contribution in [3.8, 4) is 0 Å². The molecule has 1 aromatic heterocycles. The second-order valence-electron chi connectivity index (χ2n) is 8.31. The number of benzene rings is 2. The van der Waals surface area contributed by atoms with Gasteiger partial charge in [-0.1, -0.05) is 17.7 Å². The molecule has 2 aromatic carbocycles. The van der Waals surface area contributed by atoms with E-state index in [4.69, 9.17) is 4.42 Å². The van der Waals surface area contributed by atoms with E-state index in [0.717, 1.165) is 5.56 Å². The minimum absolute atomic E-state index is 0.0578. The van der Waals surface area contributed by atoms with Crippen LogP contribution in [0.1, 0.15) is 26.5 Å². The molecule has 1 atom stereocenters. The Hall–Kier alpha value is -3.99. The number of piperazine rings is 1. The minimum atomic E-state index is -4.31. The highest BCUT2D eigenvalue weighted by molar-refractivity contribution is 7.92. The molecule has 3 amide bonds. The molecule has 11 heteroatoms. The summed E-state index contributed by atoms with van der Waals surface area (Å²) in [5.41, 5.74) is 1.14. The molecule has 0 unspecified atom stereocenters. The van der Waals surface area contributed by atoms with Crippen LogP contribution in [0.3, 0.4) is 0 Å². The molecule has 1 saturated heterocycles. The monoisotopic (exact) mass is 513 g/mol. The summed E-state index contributed by atoms with van der Waals surface area (Å²) in [5.74, 6) is -2.58. The predicted molar refractivity (Wildman–Crippen MR) is 127 cm³/mol. The highest BCUT2D eigenvalue weighted by Gasteiger charge is 2.40. The van der Waals surface area contributed by atoms with E-state index >= 15 is 0 Å². The number of rotatable bonds is 6. The zero-order chi connectivity index (χ0) is 25.9. The third-order valence-corrected chi connectivity index (χ3v) is 7.73. The van der Waals surface area contributed by atoms with E-state index < -0.39 is 32.8 Å². The average Bonchev–Trinajstić information content (AvgIpc) is 3.42. The standard InChI is InChI=1S/C25H24FN3O6S/c1-17-4-10-20(11-5-17)36(33,34)23(27-22(30)21-3-2-16-35-21)25(32)29-14-12-28(13-15-29)24(31)18-6-8-19(26)9-7-18/h2-11,16,23H,12-15H2,1H3,(H,27,30)/t23-/m0/s1. The Morgan fingerprint density at radius 3 is 2.11 bits per heavy atom. The van der Waals surface area contributed by atoms with Crippen molar-refractivity contribution in [2.75, 3.05) is 26.2 Å². The molecule has 1 aliphatic heterocycles. The van der Waals surface area contributed by atoms with Gasteiger partial charge in [-0.25, -0.2) is 12.8 Å². The third-order valence-electron chi connectivity index (χ3n) is 5.86. The largest absolute Gasteiger partial charge is 0.459 e. The number of sulfone groups is 1. The second kappa shape index (κ2) is 10.3. The number of hydrogen-bond acceptors (Lipinski definition) is 6. The van der Waals surface area contributed by atoms with Gasteiger partial charge in [-0.15, -0.1) is 0 Å². The number of aryl methyl sites for hydroxylation is 1. The number of halogens is 1. The summed E-state index contributed by atoms with van der Waals surface area (Å²) in [7, 11) is -4.31. The van der Waals surface area contributed by atoms with Crippen LogP contribution in [-0.4, -0.2) is 67.5 Å². The van der Waals surface area contributed by atoms with Gasteiger partial charge in [0.05, 0.1) is 11.2 Å². The van der Waals surface area contributed by atoms with Gasteiger partial charge in [0.1, 0.15) is 5.82 Å². The Labute approximate surface area is 207 Å². The van der Waals surface area contributed by atoms with Gasteiger partial charge in [0, 0.05) is 31.7 Å². The van der Waals surface area contributed by atoms with Crippen LogP contribution >= 0.6 is 0 Å². The quantitative estimate of drug-likeness (QED) is 0.540. The van der Waals surface area contributed by atoms with Gasteiger partial charge in [-0.2, -0.15) is 0 Å². The van der Waals surface area contributed by atoms with Crippen LogP contribution in [0.25, 0.3) is 0 Å². The fourth-order valence-corrected chi connectivity index (χ4v) is 5.27. The Morgan fingerprint density at radius 2 is 1.53 bits per heavy atom. The van der Waals surface area contributed by atoms with Gasteiger partial charge >= 0.3 is 0 Å². The molecule has 0 spiro atoms. The third kappa shape index (κ3) is 5.30. The normalized spacial score (nSPS) is 14.8. The topological polar surface area (TPSA) is 117 Å². The minimum Gasteiger partial charge on any atom is -0.459 e. The van der Waals surface area contributed by atoms with Crippen LogP contribution in [0.2, 0.25) is 0 Å². The van der Waals surface area contributed by atoms with E-state index in [1.165, 1.54) is 64.6 Å². The zero-order valence-electron chi connectivity index (χ0n) is 19.4. The molecular weight excluding hydrogens is 489 g/mol. The van der Waals surface area contributed by atoms with Crippen LogP contribution in [0.4, 0.5) is 4.39 Å². The molecule has 3 aromatic rings. The fraction of sp³-hybridized carbons (Fsp3) is 0.240. The summed E-state index contributed by atoms with van der Waals surface area (Å²) in [5, 5.41) is 0.416. The van der Waals surface area contributed by atoms with E-state index in [-0.39, 0.29) is 42.7 Å². The van der Waals surface area contributed by atoms with E-state index in [2.05, 4.69) is 5.32 Å². The van der Waals surface area contributed by atoms with Crippen molar-refractivity contribution >= 4 is 27.6 Å². The number of carbonyl (C=O) groups is 3. The maximum atomic E-state index is 13.4. The summed E-state index contributed by atoms with van der Waals surface area (Å²) in [6, 6.07) is 13.9. The first-order chi connectivity index (χ1) is 17.2. The van der Waals surface area contributed by atoms with Gasteiger partial charge in [0.15, 0.2) is 5.76 Å². The average molecular weight is 514 g/mol. The molecule has 1 fully saturated rings. The Bertz CT molecular complexity index is 1350. The van der Waals surface area contributed by atoms with Gasteiger partial charge in [0.2, 0.25) is 15.2 Å². The van der Waals surface area contributed by atoms with Gasteiger partial charge in [0.25, 0.3) is 17.7 Å². The molecule has 9 nitrogen and oxygen atoms in total. The molecule has 0 radical (unpaired) electrons. The number of furan rings is 1. The Morgan fingerprint density at radius 1 is 0.917 bits per heavy atom. The number of hydrogen-bond donors (Lipinski definition) is 1. The number of nitrogens with one attached hydrogen (secondary N) is 1. The van der Waals surface area contributed by atoms with Crippen LogP contribution in [0, 0.1) is 12.7 Å². The smallest absolute Gasteiger partial charge is 0.288 e. The molecule has 0 aliphatic carbocycles. The summed E-state index contributed by atoms with van der Waals surface area (Å²) >= 11 is 0. The molecule has 36 heavy (non-hydrogen) atoms. The van der Waals surface area contributed by atoms with Gasteiger partial charge < -0.3 is 19.5 Å². The van der Waals surface area contributed by atoms with Crippen molar-refractivity contribution in [2.24, 2.45) is 0 Å². The summed E-state index contributed by atoms with van der Waals surface area (Å²) in [4.78, 5) is 41.5. The van der Waals surface area contributed by atoms with E-state index in [1.807, 2.05) is 0 Å². The van der Waals surface area contributed by atoms with Crippen LogP contribution < -0.4 is 5.32 Å². The lowest BCUT2D eigenvalue weighted by molar-refractivity contribution is -0.132. The van der Waals surface area contributed by atoms with Crippen molar-refractivity contribution < 1.29 is 31.6 Å². The summed E-state index contributed by atoms with van der Waals surface area (Å²) in [6.45, 7) is 2.20. The van der Waals surface area contributed by atoms with E-state index in [0.29, 0.717) is 5.56 Å². The molecule has 1 N–H and O–H groups in total. The zero-order valence-corrected chi connectivity index (χ0v) is 20.2. The SMILES string of the molecule is Cc1ccc(S(=O)(=O)[C@H](NC(=O)c2ccco2)C(=O)N2CCN(C(=O)c3ccc(F)cc3)CC2)cc1. The van der Waals surface area contributed by atoms with Crippen molar-refractivity contribution in [3.05, 3.63) is 89.6 Å². The predicted octanol–water partition coefficient (Wildman–Crippen LogP) is 2.24. The lowest BCUT2D eigenvalue weighted by Gasteiger charge is -2.36. The highest BCUT2D eigenvalue weighted by Crippen LogP contribution is 2.19. The Kier molecular flexibility index (Phi) is 7.20. The van der Waals surface area contributed by atoms with Crippen molar-refractivity contribution in [1.29, 1.82) is 0 Å². The Balaban J connectivity index is 1.53. The first-order valence-corrected chi connectivity index (χ1v) is 12.7. The number of carbonyl (C=O) groups excluding carboxylic acids is 3. The summed E-state index contributed by atoms with van der Waals surface area (Å²) in [6.07, 6.45) is 1.26. The molecular formula is C25H24FN3O6S. The lowest BCUT2D eigenvalue weighted by atomic mass is 10.1. The van der Waals surface area contributed by atoms with Crippen molar-refractivity contribution in [1.82, 2.24) is 15.1 Å². The fourth-order valence-electron chi connectivity index (χ4n) is 3.80. The van der Waals surface area contributed by atoms with Gasteiger partial charge in [-0.3, -0.25) is 14.4 Å². The van der Waals surface area contributed by atoms with Crippen LogP contribution in [-0.2, 0) is 14.6 Å². The van der Waals surface area contributed by atoms with E-state index in [1.54, 1.807) is 19.1 Å². The molecule has 2 heterocycles. The van der Waals surface area contributed by atoms with Crippen molar-refractivity contribution in [2.45, 2.75) is 17.2 Å². The highest BCUT2D eigenvalue weighted by atomic mass is 32.2. The van der Waals surface area contributed by atoms with E-state index in [9.17, 15) is 27.2 Å². The molecule has 1 aliphatic rings. The lowest BCUT2D eigenvalue weighted by Crippen LogP contribution is -2.57. The second-order valence-corrected chi connectivity index (χ2v) is 10.3. The van der Waals surface area contributed by atoms with Crippen molar-refractivity contribution in [3.63, 3.8) is 0 Å². The maximum Gasteiger partial charge on any atom is 0.288 e. The summed E-state index contributed by atoms with van der Waals surface area (Å²) < 4.78 is 45.1. The molecule has 0 saturated carbocycles. The number of amides is 3. The molecule has 188 valence electrons. The number of nitrogens with zero attached hydrogens (tertiary/aromatic N) is 2. The maximum absolute atomic E-state index is 13.4. The van der Waals surface area contributed by atoms with Crippen LogP contribution in [0.15, 0.2) is 76.2 Å². The molecule has 4 rings (SSSR count). The first-order valence-electron chi connectivity index (χ1n) is 11.2.